The summed E-state index contributed by atoms with van der Waals surface area (Å²) >= 11 is 0. The summed E-state index contributed by atoms with van der Waals surface area (Å²) in [6.07, 6.45) is 0. The van der Waals surface area contributed by atoms with E-state index in [1.165, 1.54) is 6.07 Å². The van der Waals surface area contributed by atoms with Crippen LogP contribution in [0.1, 0.15) is 5.82 Å². The fourth-order valence-electron chi connectivity index (χ4n) is 2.17. The maximum Gasteiger partial charge on any atom is 0.261 e. The Morgan fingerprint density at radius 2 is 1.96 bits per heavy atom. The van der Waals surface area contributed by atoms with Crippen molar-refractivity contribution in [1.29, 1.82) is 0 Å². The first kappa shape index (κ1) is 13.6. The predicted molar refractivity (Wildman–Crippen MR) is 76.6 cm³/mol. The third kappa shape index (κ3) is 2.68. The van der Waals surface area contributed by atoms with Crippen LogP contribution in [0.4, 0.5) is 4.39 Å². The summed E-state index contributed by atoms with van der Waals surface area (Å²) in [5, 5.41) is 3.79. The number of hydrogen-bond donors (Lipinski definition) is 0. The monoisotopic (exact) mass is 314 g/mol. The van der Waals surface area contributed by atoms with Gasteiger partial charge in [0.1, 0.15) is 11.6 Å². The normalized spacial score (nSPS) is 12.4. The van der Waals surface area contributed by atoms with Gasteiger partial charge >= 0.3 is 0 Å². The molecular formula is C16H11FN2O4. The van der Waals surface area contributed by atoms with E-state index in [0.717, 1.165) is 0 Å². The van der Waals surface area contributed by atoms with Gasteiger partial charge in [0.15, 0.2) is 18.1 Å². The standard InChI is InChI=1S/C16H11FN2O4/c17-12-4-2-1-3-11(12)16-18-15(19-23-16)8-20-10-5-6-13-14(7-10)22-9-21-13/h1-7H,8-9H2. The van der Waals surface area contributed by atoms with E-state index in [2.05, 4.69) is 10.1 Å². The zero-order chi connectivity index (χ0) is 15.6. The molecule has 6 nitrogen and oxygen atoms in total. The van der Waals surface area contributed by atoms with Crippen LogP contribution in [0.5, 0.6) is 17.2 Å². The van der Waals surface area contributed by atoms with Crippen molar-refractivity contribution < 1.29 is 23.1 Å². The number of hydrogen-bond acceptors (Lipinski definition) is 6. The van der Waals surface area contributed by atoms with Gasteiger partial charge in [0, 0.05) is 6.07 Å². The van der Waals surface area contributed by atoms with Crippen LogP contribution < -0.4 is 14.2 Å². The van der Waals surface area contributed by atoms with Gasteiger partial charge in [-0.05, 0) is 24.3 Å². The van der Waals surface area contributed by atoms with Gasteiger partial charge in [-0.1, -0.05) is 17.3 Å². The molecule has 0 amide bonds. The van der Waals surface area contributed by atoms with Crippen LogP contribution >= 0.6 is 0 Å². The number of rotatable bonds is 4. The van der Waals surface area contributed by atoms with Crippen LogP contribution in [0.25, 0.3) is 11.5 Å². The number of fused-ring (bicyclic) bond motifs is 1. The molecule has 0 aliphatic carbocycles. The SMILES string of the molecule is Fc1ccccc1-c1nc(COc2ccc3c(c2)OCO3)no1. The summed E-state index contributed by atoms with van der Waals surface area (Å²) in [5.41, 5.74) is 0.259. The first-order valence-electron chi connectivity index (χ1n) is 6.89. The van der Waals surface area contributed by atoms with Crippen molar-refractivity contribution in [3.8, 4) is 28.7 Å². The second-order valence-corrected chi connectivity index (χ2v) is 4.80. The highest BCUT2D eigenvalue weighted by atomic mass is 19.1. The van der Waals surface area contributed by atoms with Crippen molar-refractivity contribution in [3.05, 3.63) is 54.1 Å². The Balaban J connectivity index is 1.47. The van der Waals surface area contributed by atoms with Crippen molar-refractivity contribution in [2.75, 3.05) is 6.79 Å². The van der Waals surface area contributed by atoms with Crippen LogP contribution in [0.15, 0.2) is 47.0 Å². The molecule has 1 aliphatic heterocycles. The molecule has 0 saturated heterocycles. The zero-order valence-electron chi connectivity index (χ0n) is 11.9. The summed E-state index contributed by atoms with van der Waals surface area (Å²) in [6, 6.07) is 11.4. The van der Waals surface area contributed by atoms with E-state index in [1.807, 2.05) is 0 Å². The van der Waals surface area contributed by atoms with Crippen molar-refractivity contribution >= 4 is 0 Å². The number of halogens is 1. The van der Waals surface area contributed by atoms with Crippen molar-refractivity contribution in [1.82, 2.24) is 10.1 Å². The maximum atomic E-state index is 13.7. The quantitative estimate of drug-likeness (QED) is 0.737. The maximum absolute atomic E-state index is 13.7. The lowest BCUT2D eigenvalue weighted by Crippen LogP contribution is -1.97. The van der Waals surface area contributed by atoms with E-state index < -0.39 is 5.82 Å². The molecule has 0 unspecified atom stereocenters. The van der Waals surface area contributed by atoms with Crippen molar-refractivity contribution in [2.45, 2.75) is 6.61 Å². The molecule has 0 spiro atoms. The summed E-state index contributed by atoms with van der Waals surface area (Å²) in [5.74, 6) is 1.92. The van der Waals surface area contributed by atoms with Crippen LogP contribution in [0.2, 0.25) is 0 Å². The van der Waals surface area contributed by atoms with E-state index >= 15 is 0 Å². The molecule has 0 bridgehead atoms. The van der Waals surface area contributed by atoms with Gasteiger partial charge in [-0.25, -0.2) is 4.39 Å². The van der Waals surface area contributed by atoms with Gasteiger partial charge in [0.25, 0.3) is 5.89 Å². The number of benzene rings is 2. The molecule has 0 radical (unpaired) electrons. The first-order chi connectivity index (χ1) is 11.3. The Morgan fingerprint density at radius 3 is 2.87 bits per heavy atom. The zero-order valence-corrected chi connectivity index (χ0v) is 11.9. The molecule has 4 rings (SSSR count). The Labute approximate surface area is 130 Å². The second kappa shape index (κ2) is 5.60. The summed E-state index contributed by atoms with van der Waals surface area (Å²) < 4.78 is 34.8. The predicted octanol–water partition coefficient (Wildman–Crippen LogP) is 3.18. The fraction of sp³-hybridized carbons (Fsp3) is 0.125. The third-order valence-corrected chi connectivity index (χ3v) is 3.28. The number of ether oxygens (including phenoxy) is 3. The first-order valence-corrected chi connectivity index (χ1v) is 6.89. The molecule has 1 aliphatic rings. The van der Waals surface area contributed by atoms with Gasteiger partial charge in [-0.15, -0.1) is 0 Å². The van der Waals surface area contributed by atoms with Gasteiger partial charge in [0.05, 0.1) is 5.56 Å². The van der Waals surface area contributed by atoms with Gasteiger partial charge in [-0.2, -0.15) is 4.98 Å². The van der Waals surface area contributed by atoms with Crippen LogP contribution in [-0.4, -0.2) is 16.9 Å². The molecule has 116 valence electrons. The molecule has 2 heterocycles. The van der Waals surface area contributed by atoms with Gasteiger partial charge < -0.3 is 18.7 Å². The molecule has 0 N–H and O–H groups in total. The smallest absolute Gasteiger partial charge is 0.261 e. The fourth-order valence-corrected chi connectivity index (χ4v) is 2.17. The second-order valence-electron chi connectivity index (χ2n) is 4.80. The molecular weight excluding hydrogens is 303 g/mol. The average molecular weight is 314 g/mol. The lowest BCUT2D eigenvalue weighted by Gasteiger charge is -2.03. The van der Waals surface area contributed by atoms with Gasteiger partial charge in [-0.3, -0.25) is 0 Å². The summed E-state index contributed by atoms with van der Waals surface area (Å²) in [4.78, 5) is 4.13. The third-order valence-electron chi connectivity index (χ3n) is 3.28. The molecule has 7 heteroatoms. The molecule has 2 aromatic carbocycles. The molecule has 0 saturated carbocycles. The highest BCUT2D eigenvalue weighted by Crippen LogP contribution is 2.35. The van der Waals surface area contributed by atoms with E-state index in [9.17, 15) is 4.39 Å². The summed E-state index contributed by atoms with van der Waals surface area (Å²) in [7, 11) is 0. The van der Waals surface area contributed by atoms with E-state index in [-0.39, 0.29) is 24.9 Å². The Morgan fingerprint density at radius 1 is 1.09 bits per heavy atom. The minimum Gasteiger partial charge on any atom is -0.485 e. The molecule has 0 fully saturated rings. The largest absolute Gasteiger partial charge is 0.485 e. The van der Waals surface area contributed by atoms with Gasteiger partial charge in [0.2, 0.25) is 12.6 Å². The number of aromatic nitrogens is 2. The lowest BCUT2D eigenvalue weighted by molar-refractivity contribution is 0.173. The van der Waals surface area contributed by atoms with Crippen LogP contribution in [0.3, 0.4) is 0 Å². The van der Waals surface area contributed by atoms with E-state index in [0.29, 0.717) is 23.1 Å². The highest BCUT2D eigenvalue weighted by molar-refractivity contribution is 5.53. The number of nitrogens with zero attached hydrogens (tertiary/aromatic N) is 2. The minimum absolute atomic E-state index is 0.0948. The Hall–Kier alpha value is -3.09. The topological polar surface area (TPSA) is 66.6 Å². The van der Waals surface area contributed by atoms with E-state index in [4.69, 9.17) is 18.7 Å². The van der Waals surface area contributed by atoms with Crippen molar-refractivity contribution in [2.24, 2.45) is 0 Å². The van der Waals surface area contributed by atoms with E-state index in [1.54, 1.807) is 36.4 Å². The highest BCUT2D eigenvalue weighted by Gasteiger charge is 2.15. The molecule has 23 heavy (non-hydrogen) atoms. The Bertz CT molecular complexity index is 850. The van der Waals surface area contributed by atoms with Crippen LogP contribution in [0, 0.1) is 5.82 Å². The molecule has 3 aromatic rings. The van der Waals surface area contributed by atoms with Crippen LogP contribution in [-0.2, 0) is 6.61 Å². The lowest BCUT2D eigenvalue weighted by atomic mass is 10.2. The molecule has 0 atom stereocenters. The average Bonchev–Trinajstić information content (AvgIpc) is 3.22. The summed E-state index contributed by atoms with van der Waals surface area (Å²) in [6.45, 7) is 0.299. The van der Waals surface area contributed by atoms with Crippen molar-refractivity contribution in [3.63, 3.8) is 0 Å². The molecule has 1 aromatic heterocycles. The minimum atomic E-state index is -0.417. The Kier molecular flexibility index (Phi) is 3.30.